The van der Waals surface area contributed by atoms with Gasteiger partial charge in [0.15, 0.2) is 0 Å². The lowest BCUT2D eigenvalue weighted by Crippen LogP contribution is -2.33. The third kappa shape index (κ3) is 2.60. The molecule has 0 radical (unpaired) electrons. The molecule has 0 aliphatic heterocycles. The van der Waals surface area contributed by atoms with E-state index < -0.39 is 0 Å². The van der Waals surface area contributed by atoms with Crippen molar-refractivity contribution in [3.05, 3.63) is 29.6 Å². The fourth-order valence-electron chi connectivity index (χ4n) is 2.44. The summed E-state index contributed by atoms with van der Waals surface area (Å²) in [6.45, 7) is 4.27. The van der Waals surface area contributed by atoms with Crippen LogP contribution in [0.15, 0.2) is 18.2 Å². The van der Waals surface area contributed by atoms with Crippen molar-refractivity contribution in [1.29, 1.82) is 0 Å². The number of nitrogens with two attached hydrogens (primary N) is 1. The SMILES string of the molecule is CCN(CC1CCC1)c1c(F)cccc1CN. The minimum absolute atomic E-state index is 0.144. The molecule has 3 heteroatoms. The van der Waals surface area contributed by atoms with Gasteiger partial charge in [-0.25, -0.2) is 4.39 Å². The molecule has 2 N–H and O–H groups in total. The zero-order chi connectivity index (χ0) is 12.3. The van der Waals surface area contributed by atoms with Crippen LogP contribution in [0.3, 0.4) is 0 Å². The molecule has 0 heterocycles. The second kappa shape index (κ2) is 5.50. The fraction of sp³-hybridized carbons (Fsp3) is 0.571. The van der Waals surface area contributed by atoms with Gasteiger partial charge in [-0.1, -0.05) is 18.6 Å². The lowest BCUT2D eigenvalue weighted by Gasteiger charge is -2.34. The smallest absolute Gasteiger partial charge is 0.146 e. The molecule has 0 amide bonds. The fourth-order valence-corrected chi connectivity index (χ4v) is 2.44. The number of nitrogens with zero attached hydrogens (tertiary/aromatic N) is 1. The molecule has 2 nitrogen and oxygen atoms in total. The molecular weight excluding hydrogens is 215 g/mol. The highest BCUT2D eigenvalue weighted by atomic mass is 19.1. The second-order valence-corrected chi connectivity index (χ2v) is 4.79. The van der Waals surface area contributed by atoms with Crippen molar-refractivity contribution in [2.24, 2.45) is 11.7 Å². The van der Waals surface area contributed by atoms with E-state index in [4.69, 9.17) is 5.73 Å². The highest BCUT2D eigenvalue weighted by Gasteiger charge is 2.22. The Labute approximate surface area is 103 Å². The summed E-state index contributed by atoms with van der Waals surface area (Å²) in [4.78, 5) is 2.14. The zero-order valence-corrected chi connectivity index (χ0v) is 10.5. The predicted octanol–water partition coefficient (Wildman–Crippen LogP) is 2.91. The van der Waals surface area contributed by atoms with Gasteiger partial charge in [0, 0.05) is 19.6 Å². The van der Waals surface area contributed by atoms with E-state index in [1.807, 2.05) is 6.07 Å². The number of anilines is 1. The minimum Gasteiger partial charge on any atom is -0.369 e. The first kappa shape index (κ1) is 12.4. The Balaban J connectivity index is 2.21. The molecule has 1 aliphatic rings. The van der Waals surface area contributed by atoms with Gasteiger partial charge in [-0.3, -0.25) is 0 Å². The lowest BCUT2D eigenvalue weighted by atomic mass is 9.85. The first-order chi connectivity index (χ1) is 8.26. The van der Waals surface area contributed by atoms with Gasteiger partial charge in [-0.05, 0) is 37.3 Å². The molecule has 1 saturated carbocycles. The quantitative estimate of drug-likeness (QED) is 0.851. The Bertz CT molecular complexity index is 374. The van der Waals surface area contributed by atoms with E-state index in [0.717, 1.165) is 24.6 Å². The van der Waals surface area contributed by atoms with Gasteiger partial charge in [0.2, 0.25) is 0 Å². The minimum atomic E-state index is -0.144. The van der Waals surface area contributed by atoms with E-state index in [2.05, 4.69) is 11.8 Å². The Morgan fingerprint density at radius 2 is 2.18 bits per heavy atom. The first-order valence-electron chi connectivity index (χ1n) is 6.48. The lowest BCUT2D eigenvalue weighted by molar-refractivity contribution is 0.317. The number of para-hydroxylation sites is 1. The molecule has 0 unspecified atom stereocenters. The van der Waals surface area contributed by atoms with Gasteiger partial charge >= 0.3 is 0 Å². The van der Waals surface area contributed by atoms with Gasteiger partial charge in [-0.2, -0.15) is 0 Å². The number of hydrogen-bond acceptors (Lipinski definition) is 2. The number of halogens is 1. The summed E-state index contributed by atoms with van der Waals surface area (Å²) >= 11 is 0. The van der Waals surface area contributed by atoms with Crippen LogP contribution < -0.4 is 10.6 Å². The van der Waals surface area contributed by atoms with Crippen LogP contribution >= 0.6 is 0 Å². The van der Waals surface area contributed by atoms with Crippen molar-refractivity contribution in [1.82, 2.24) is 0 Å². The standard InChI is InChI=1S/C14H21FN2/c1-2-17(10-11-5-3-6-11)14-12(9-16)7-4-8-13(14)15/h4,7-8,11H,2-3,5-6,9-10,16H2,1H3. The third-order valence-electron chi connectivity index (χ3n) is 3.69. The van der Waals surface area contributed by atoms with Crippen LogP contribution in [0.2, 0.25) is 0 Å². The molecule has 0 aromatic heterocycles. The summed E-state index contributed by atoms with van der Waals surface area (Å²) < 4.78 is 13.9. The van der Waals surface area contributed by atoms with E-state index >= 15 is 0 Å². The predicted molar refractivity (Wildman–Crippen MR) is 69.5 cm³/mol. The molecule has 17 heavy (non-hydrogen) atoms. The van der Waals surface area contributed by atoms with Gasteiger partial charge < -0.3 is 10.6 Å². The highest BCUT2D eigenvalue weighted by Crippen LogP contribution is 2.31. The van der Waals surface area contributed by atoms with E-state index in [0.29, 0.717) is 12.2 Å². The third-order valence-corrected chi connectivity index (χ3v) is 3.69. The Morgan fingerprint density at radius 3 is 2.71 bits per heavy atom. The molecule has 2 rings (SSSR count). The van der Waals surface area contributed by atoms with Crippen LogP contribution in [0.1, 0.15) is 31.7 Å². The van der Waals surface area contributed by atoms with Crippen molar-refractivity contribution in [2.75, 3.05) is 18.0 Å². The van der Waals surface area contributed by atoms with Crippen LogP contribution in [0, 0.1) is 11.7 Å². The monoisotopic (exact) mass is 236 g/mol. The first-order valence-corrected chi connectivity index (χ1v) is 6.48. The van der Waals surface area contributed by atoms with E-state index in [1.165, 1.54) is 25.3 Å². The molecule has 0 atom stereocenters. The largest absolute Gasteiger partial charge is 0.369 e. The van der Waals surface area contributed by atoms with Crippen LogP contribution in [-0.2, 0) is 6.54 Å². The van der Waals surface area contributed by atoms with Crippen LogP contribution in [0.4, 0.5) is 10.1 Å². The summed E-state index contributed by atoms with van der Waals surface area (Å²) in [5, 5.41) is 0. The number of hydrogen-bond donors (Lipinski definition) is 1. The van der Waals surface area contributed by atoms with E-state index in [1.54, 1.807) is 6.07 Å². The van der Waals surface area contributed by atoms with Gasteiger partial charge in [-0.15, -0.1) is 0 Å². The maximum Gasteiger partial charge on any atom is 0.146 e. The van der Waals surface area contributed by atoms with Gasteiger partial charge in [0.1, 0.15) is 5.82 Å². The summed E-state index contributed by atoms with van der Waals surface area (Å²) in [5.41, 5.74) is 7.32. The van der Waals surface area contributed by atoms with Gasteiger partial charge in [0.25, 0.3) is 0 Å². The molecule has 1 aromatic rings. The van der Waals surface area contributed by atoms with Crippen molar-refractivity contribution in [3.63, 3.8) is 0 Å². The van der Waals surface area contributed by atoms with E-state index in [9.17, 15) is 4.39 Å². The topological polar surface area (TPSA) is 29.3 Å². The average molecular weight is 236 g/mol. The summed E-state index contributed by atoms with van der Waals surface area (Å²) in [6.07, 6.45) is 3.88. The molecule has 1 fully saturated rings. The zero-order valence-electron chi connectivity index (χ0n) is 10.5. The van der Waals surface area contributed by atoms with E-state index in [-0.39, 0.29) is 5.82 Å². The maximum atomic E-state index is 13.9. The number of benzene rings is 1. The van der Waals surface area contributed by atoms with Crippen molar-refractivity contribution >= 4 is 5.69 Å². The maximum absolute atomic E-state index is 13.9. The summed E-state index contributed by atoms with van der Waals surface area (Å²) in [7, 11) is 0. The Hall–Kier alpha value is -1.09. The Kier molecular flexibility index (Phi) is 4.00. The van der Waals surface area contributed by atoms with Crippen LogP contribution in [-0.4, -0.2) is 13.1 Å². The average Bonchev–Trinajstić information content (AvgIpc) is 2.29. The molecule has 0 bridgehead atoms. The van der Waals surface area contributed by atoms with Crippen molar-refractivity contribution < 1.29 is 4.39 Å². The molecule has 1 aliphatic carbocycles. The molecule has 1 aromatic carbocycles. The van der Waals surface area contributed by atoms with Crippen LogP contribution in [0.5, 0.6) is 0 Å². The van der Waals surface area contributed by atoms with Crippen molar-refractivity contribution in [3.8, 4) is 0 Å². The summed E-state index contributed by atoms with van der Waals surface area (Å²) in [5.74, 6) is 0.592. The van der Waals surface area contributed by atoms with Crippen LogP contribution in [0.25, 0.3) is 0 Å². The highest BCUT2D eigenvalue weighted by molar-refractivity contribution is 5.55. The summed E-state index contributed by atoms with van der Waals surface area (Å²) in [6, 6.07) is 5.18. The van der Waals surface area contributed by atoms with Crippen molar-refractivity contribution in [2.45, 2.75) is 32.7 Å². The van der Waals surface area contributed by atoms with Gasteiger partial charge in [0.05, 0.1) is 5.69 Å². The molecule has 94 valence electrons. The molecular formula is C14H21FN2. The Morgan fingerprint density at radius 1 is 1.41 bits per heavy atom. The second-order valence-electron chi connectivity index (χ2n) is 4.79. The molecule has 0 spiro atoms. The number of rotatable bonds is 5. The molecule has 0 saturated heterocycles. The normalized spacial score (nSPS) is 15.7.